The fourth-order valence-electron chi connectivity index (χ4n) is 7.02. The minimum absolute atomic E-state index is 0.0904. The van der Waals surface area contributed by atoms with Crippen LogP contribution in [-0.2, 0) is 32.7 Å². The van der Waals surface area contributed by atoms with E-state index in [1.165, 1.54) is 77.0 Å². The van der Waals surface area contributed by atoms with Crippen LogP contribution in [-0.4, -0.2) is 98.3 Å². The van der Waals surface area contributed by atoms with Gasteiger partial charge in [0, 0.05) is 12.8 Å². The number of carbonyl (C=O) groups is 2. The molecule has 6 N–H and O–H groups in total. The van der Waals surface area contributed by atoms with Crippen molar-refractivity contribution in [2.75, 3.05) is 13.2 Å². The first-order chi connectivity index (χ1) is 28.4. The second kappa shape index (κ2) is 35.9. The highest BCUT2D eigenvalue weighted by Gasteiger charge is 2.51. The van der Waals surface area contributed by atoms with E-state index in [4.69, 9.17) is 18.5 Å². The zero-order chi connectivity index (χ0) is 43.6. The number of carbonyl (C=O) groups excluding carboxylic acids is 2. The number of ether oxygens (including phenoxy) is 2. The Hall–Kier alpha value is -1.67. The molecule has 1 aliphatic rings. The van der Waals surface area contributed by atoms with E-state index in [9.17, 15) is 44.6 Å². The van der Waals surface area contributed by atoms with Gasteiger partial charge < -0.3 is 39.9 Å². The third-order valence-electron chi connectivity index (χ3n) is 10.8. The number of esters is 2. The molecule has 0 heterocycles. The van der Waals surface area contributed by atoms with Crippen molar-refractivity contribution in [2.24, 2.45) is 0 Å². The van der Waals surface area contributed by atoms with Crippen LogP contribution in [0.15, 0.2) is 24.3 Å². The van der Waals surface area contributed by atoms with Gasteiger partial charge in [-0.25, -0.2) is 4.57 Å². The third kappa shape index (κ3) is 28.5. The Morgan fingerprint density at radius 2 is 0.915 bits per heavy atom. The standard InChI is InChI=1S/C45H83O13P/c1-3-5-7-9-11-13-15-17-18-19-20-22-24-26-28-30-32-34-39(47)57-37(36-56-59(53,54)58-45-43(51)41(49)40(48)42(50)44(45)52)35-55-38(46)33-31-29-27-25-23-21-16-14-12-10-8-6-4-2/h11,13,17-18,37,40-45,48-52H,3-10,12,14-16,19-36H2,1-2H3,(H,53,54)/b13-11-,18-17-. The number of rotatable bonds is 38. The summed E-state index contributed by atoms with van der Waals surface area (Å²) in [7, 11) is -5.11. The van der Waals surface area contributed by atoms with E-state index in [1.54, 1.807) is 0 Å². The van der Waals surface area contributed by atoms with Crippen LogP contribution in [0.1, 0.15) is 194 Å². The van der Waals surface area contributed by atoms with Crippen molar-refractivity contribution >= 4 is 19.8 Å². The number of allylic oxidation sites excluding steroid dienone is 4. The fraction of sp³-hybridized carbons (Fsp3) is 0.867. The van der Waals surface area contributed by atoms with Gasteiger partial charge in [-0.05, 0) is 44.9 Å². The maximum atomic E-state index is 12.8. The van der Waals surface area contributed by atoms with E-state index in [1.807, 2.05) is 0 Å². The van der Waals surface area contributed by atoms with Gasteiger partial charge in [0.05, 0.1) is 6.61 Å². The maximum absolute atomic E-state index is 12.8. The van der Waals surface area contributed by atoms with Crippen LogP contribution in [0.3, 0.4) is 0 Å². The predicted octanol–water partition coefficient (Wildman–Crippen LogP) is 8.84. The molecule has 0 aromatic rings. The van der Waals surface area contributed by atoms with E-state index < -0.39 is 75.7 Å². The van der Waals surface area contributed by atoms with Gasteiger partial charge in [0.2, 0.25) is 0 Å². The monoisotopic (exact) mass is 863 g/mol. The Bertz CT molecular complexity index is 1130. The molecule has 59 heavy (non-hydrogen) atoms. The fourth-order valence-corrected chi connectivity index (χ4v) is 8.00. The van der Waals surface area contributed by atoms with Crippen LogP contribution in [0.2, 0.25) is 0 Å². The first kappa shape index (κ1) is 55.3. The van der Waals surface area contributed by atoms with Crippen molar-refractivity contribution in [3.63, 3.8) is 0 Å². The Balaban J connectivity index is 2.46. The molecule has 0 radical (unpaired) electrons. The number of unbranched alkanes of at least 4 members (excludes halogenated alkanes) is 22. The number of aliphatic hydroxyl groups excluding tert-OH is 5. The van der Waals surface area contributed by atoms with Gasteiger partial charge in [-0.2, -0.15) is 0 Å². The van der Waals surface area contributed by atoms with Crippen LogP contribution in [0, 0.1) is 0 Å². The van der Waals surface area contributed by atoms with Gasteiger partial charge in [-0.15, -0.1) is 0 Å². The zero-order valence-corrected chi connectivity index (χ0v) is 37.4. The molecule has 0 saturated heterocycles. The van der Waals surface area contributed by atoms with Crippen molar-refractivity contribution in [2.45, 2.75) is 236 Å². The first-order valence-corrected chi connectivity index (χ1v) is 24.6. The summed E-state index contributed by atoms with van der Waals surface area (Å²) < 4.78 is 33.5. The summed E-state index contributed by atoms with van der Waals surface area (Å²) in [6.45, 7) is 3.27. The lowest BCUT2D eigenvalue weighted by Gasteiger charge is -2.41. The molecule has 346 valence electrons. The van der Waals surface area contributed by atoms with Crippen LogP contribution in [0.25, 0.3) is 0 Å². The van der Waals surface area contributed by atoms with Crippen LogP contribution in [0.4, 0.5) is 0 Å². The zero-order valence-electron chi connectivity index (χ0n) is 36.6. The lowest BCUT2D eigenvalue weighted by atomic mass is 9.85. The lowest BCUT2D eigenvalue weighted by Crippen LogP contribution is -2.64. The number of hydrogen-bond donors (Lipinski definition) is 6. The third-order valence-corrected chi connectivity index (χ3v) is 11.8. The maximum Gasteiger partial charge on any atom is 0.472 e. The van der Waals surface area contributed by atoms with Crippen molar-refractivity contribution in [3.05, 3.63) is 24.3 Å². The summed E-state index contributed by atoms with van der Waals surface area (Å²) in [6, 6.07) is 0. The molecule has 0 aliphatic heterocycles. The second-order valence-corrected chi connectivity index (χ2v) is 17.7. The van der Waals surface area contributed by atoms with Crippen molar-refractivity contribution in [1.82, 2.24) is 0 Å². The molecule has 14 heteroatoms. The number of phosphoric ester groups is 1. The average Bonchev–Trinajstić information content (AvgIpc) is 3.21. The van der Waals surface area contributed by atoms with Crippen LogP contribution in [0.5, 0.6) is 0 Å². The molecule has 6 atom stereocenters. The largest absolute Gasteiger partial charge is 0.472 e. The van der Waals surface area contributed by atoms with E-state index in [-0.39, 0.29) is 12.8 Å². The molecule has 0 aromatic carbocycles. The van der Waals surface area contributed by atoms with E-state index in [0.717, 1.165) is 77.0 Å². The van der Waals surface area contributed by atoms with Gasteiger partial charge in [0.15, 0.2) is 6.10 Å². The van der Waals surface area contributed by atoms with E-state index in [2.05, 4.69) is 38.2 Å². The van der Waals surface area contributed by atoms with Gasteiger partial charge in [-0.1, -0.05) is 160 Å². The average molecular weight is 863 g/mol. The SMILES string of the molecule is CCCCC/C=C\C/C=C\CCCCCCCCCC(=O)OC(COC(=O)CCCCCCCCCCCCCCC)COP(=O)(O)OC1C(O)C(O)C(O)C(O)C1O. The Morgan fingerprint density at radius 1 is 0.525 bits per heavy atom. The molecule has 0 aromatic heterocycles. The van der Waals surface area contributed by atoms with Gasteiger partial charge in [0.25, 0.3) is 0 Å². The topological polar surface area (TPSA) is 210 Å². The summed E-state index contributed by atoms with van der Waals surface area (Å²) in [6.07, 6.45) is 25.1. The predicted molar refractivity (Wildman–Crippen MR) is 230 cm³/mol. The van der Waals surface area contributed by atoms with Crippen LogP contribution >= 0.6 is 7.82 Å². The Kier molecular flexibility index (Phi) is 33.7. The Labute approximate surface area is 356 Å². The number of phosphoric acid groups is 1. The van der Waals surface area contributed by atoms with Gasteiger partial charge in [-0.3, -0.25) is 18.6 Å². The first-order valence-electron chi connectivity index (χ1n) is 23.1. The molecular formula is C45H83O13P. The van der Waals surface area contributed by atoms with E-state index >= 15 is 0 Å². The highest BCUT2D eigenvalue weighted by Crippen LogP contribution is 2.47. The number of aliphatic hydroxyl groups is 5. The molecule has 1 aliphatic carbocycles. The van der Waals surface area contributed by atoms with Crippen molar-refractivity contribution < 1.29 is 63.1 Å². The van der Waals surface area contributed by atoms with Crippen LogP contribution < -0.4 is 0 Å². The van der Waals surface area contributed by atoms with Crippen molar-refractivity contribution in [1.29, 1.82) is 0 Å². The van der Waals surface area contributed by atoms with Crippen molar-refractivity contribution in [3.8, 4) is 0 Å². The smallest absolute Gasteiger partial charge is 0.462 e. The normalized spacial score (nSPS) is 22.5. The molecule has 1 rings (SSSR count). The highest BCUT2D eigenvalue weighted by molar-refractivity contribution is 7.47. The quantitative estimate of drug-likeness (QED) is 0.0149. The second-order valence-electron chi connectivity index (χ2n) is 16.3. The molecule has 6 unspecified atom stereocenters. The molecule has 1 saturated carbocycles. The summed E-state index contributed by atoms with van der Waals surface area (Å²) in [5, 5.41) is 50.1. The molecular weight excluding hydrogens is 779 g/mol. The van der Waals surface area contributed by atoms with Gasteiger partial charge in [0.1, 0.15) is 43.2 Å². The van der Waals surface area contributed by atoms with E-state index in [0.29, 0.717) is 12.8 Å². The molecule has 0 amide bonds. The number of hydrogen-bond acceptors (Lipinski definition) is 12. The minimum atomic E-state index is -5.11. The summed E-state index contributed by atoms with van der Waals surface area (Å²) in [4.78, 5) is 35.7. The minimum Gasteiger partial charge on any atom is -0.462 e. The lowest BCUT2D eigenvalue weighted by molar-refractivity contribution is -0.220. The Morgan fingerprint density at radius 3 is 1.41 bits per heavy atom. The summed E-state index contributed by atoms with van der Waals surface area (Å²) in [5.74, 6) is -1.10. The molecule has 0 spiro atoms. The highest BCUT2D eigenvalue weighted by atomic mass is 31.2. The van der Waals surface area contributed by atoms with Gasteiger partial charge >= 0.3 is 19.8 Å². The summed E-state index contributed by atoms with van der Waals surface area (Å²) >= 11 is 0. The molecule has 13 nitrogen and oxygen atoms in total. The summed E-state index contributed by atoms with van der Waals surface area (Å²) in [5.41, 5.74) is 0. The molecule has 1 fully saturated rings. The molecule has 0 bridgehead atoms.